The van der Waals surface area contributed by atoms with E-state index < -0.39 is 0 Å². The van der Waals surface area contributed by atoms with Gasteiger partial charge in [0.15, 0.2) is 0 Å². The first-order valence-electron chi connectivity index (χ1n) is 11.4. The number of aromatic nitrogens is 2. The van der Waals surface area contributed by atoms with Gasteiger partial charge in [0.25, 0.3) is 0 Å². The van der Waals surface area contributed by atoms with Crippen LogP contribution >= 0.6 is 0 Å². The van der Waals surface area contributed by atoms with Gasteiger partial charge in [0, 0.05) is 50.6 Å². The number of carbonyl (C=O) groups is 2. The fourth-order valence-electron chi connectivity index (χ4n) is 4.06. The molecule has 0 bridgehead atoms. The summed E-state index contributed by atoms with van der Waals surface area (Å²) in [6.07, 6.45) is 6.03. The van der Waals surface area contributed by atoms with E-state index in [1.54, 1.807) is 12.4 Å². The third-order valence-electron chi connectivity index (χ3n) is 6.40. The maximum absolute atomic E-state index is 12.5. The van der Waals surface area contributed by atoms with Crippen LogP contribution in [0.4, 0.5) is 11.4 Å². The molecule has 0 radical (unpaired) electrons. The van der Waals surface area contributed by atoms with E-state index in [0.29, 0.717) is 13.1 Å². The number of piperidine rings is 1. The summed E-state index contributed by atoms with van der Waals surface area (Å²) in [7, 11) is 0. The number of nitrogens with one attached hydrogen (secondary N) is 1. The van der Waals surface area contributed by atoms with E-state index in [-0.39, 0.29) is 29.8 Å². The molecule has 1 N–H and O–H groups in total. The van der Waals surface area contributed by atoms with Gasteiger partial charge in [-0.25, -0.2) is 0 Å². The summed E-state index contributed by atoms with van der Waals surface area (Å²) in [6.45, 7) is 6.89. The fraction of sp³-hybridized carbons (Fsp3) is 0.500. The van der Waals surface area contributed by atoms with Gasteiger partial charge < -0.3 is 19.9 Å². The molecule has 2 aliphatic rings. The molecule has 170 valence electrons. The predicted octanol–water partition coefficient (Wildman–Crippen LogP) is 2.97. The number of anilines is 2. The first-order chi connectivity index (χ1) is 15.5. The van der Waals surface area contributed by atoms with Crippen LogP contribution in [0.1, 0.15) is 33.1 Å². The van der Waals surface area contributed by atoms with Crippen molar-refractivity contribution in [2.45, 2.75) is 39.2 Å². The summed E-state index contributed by atoms with van der Waals surface area (Å²) in [5.74, 6) is 1.11. The van der Waals surface area contributed by atoms with Gasteiger partial charge in [-0.3, -0.25) is 9.59 Å². The zero-order valence-corrected chi connectivity index (χ0v) is 18.7. The van der Waals surface area contributed by atoms with Gasteiger partial charge in [-0.05, 0) is 36.8 Å². The van der Waals surface area contributed by atoms with E-state index in [4.69, 9.17) is 4.74 Å². The average Bonchev–Trinajstić information content (AvgIpc) is 2.79. The molecule has 8 heteroatoms. The largest absolute Gasteiger partial charge is 0.490 e. The highest BCUT2D eigenvalue weighted by molar-refractivity contribution is 5.94. The van der Waals surface area contributed by atoms with Gasteiger partial charge in [-0.1, -0.05) is 13.8 Å². The highest BCUT2D eigenvalue weighted by atomic mass is 16.5. The normalized spacial score (nSPS) is 18.1. The Morgan fingerprint density at radius 2 is 1.84 bits per heavy atom. The molecule has 0 saturated carbocycles. The second kappa shape index (κ2) is 9.97. The molecule has 1 atom stereocenters. The zero-order valence-electron chi connectivity index (χ0n) is 18.7. The Labute approximate surface area is 188 Å². The molecule has 8 nitrogen and oxygen atoms in total. The van der Waals surface area contributed by atoms with E-state index in [0.717, 1.165) is 49.5 Å². The lowest BCUT2D eigenvalue weighted by molar-refractivity contribution is -0.136. The van der Waals surface area contributed by atoms with Crippen molar-refractivity contribution in [1.29, 1.82) is 0 Å². The molecule has 1 aromatic heterocycles. The van der Waals surface area contributed by atoms with Crippen LogP contribution in [0.2, 0.25) is 0 Å². The Balaban J connectivity index is 1.20. The number of carbonyl (C=O) groups excluding carboxylic acids is 2. The van der Waals surface area contributed by atoms with Crippen molar-refractivity contribution in [3.05, 3.63) is 42.7 Å². The molecule has 1 aromatic carbocycles. The minimum absolute atomic E-state index is 0.0234. The molecule has 2 saturated heterocycles. The Hall–Kier alpha value is -3.16. The first kappa shape index (κ1) is 22.0. The lowest BCUT2D eigenvalue weighted by Crippen LogP contribution is -2.52. The highest BCUT2D eigenvalue weighted by Crippen LogP contribution is 2.26. The predicted molar refractivity (Wildman–Crippen MR) is 122 cm³/mol. The van der Waals surface area contributed by atoms with E-state index >= 15 is 0 Å². The van der Waals surface area contributed by atoms with Crippen molar-refractivity contribution in [2.75, 3.05) is 36.4 Å². The maximum Gasteiger partial charge on any atom is 0.231 e. The molecule has 0 unspecified atom stereocenters. The van der Waals surface area contributed by atoms with E-state index in [2.05, 4.69) is 20.4 Å². The molecule has 2 aromatic rings. The Bertz CT molecular complexity index is 907. The summed E-state index contributed by atoms with van der Waals surface area (Å²) >= 11 is 0. The third-order valence-corrected chi connectivity index (χ3v) is 6.40. The van der Waals surface area contributed by atoms with Crippen LogP contribution in [0, 0.1) is 11.8 Å². The summed E-state index contributed by atoms with van der Waals surface area (Å²) in [6, 6.07) is 9.42. The van der Waals surface area contributed by atoms with E-state index in [1.165, 1.54) is 0 Å². The summed E-state index contributed by atoms with van der Waals surface area (Å²) < 4.78 is 6.10. The van der Waals surface area contributed by atoms with Gasteiger partial charge in [-0.15, -0.1) is 0 Å². The van der Waals surface area contributed by atoms with Crippen LogP contribution in [0.3, 0.4) is 0 Å². The molecule has 3 heterocycles. The van der Waals surface area contributed by atoms with Gasteiger partial charge in [0.1, 0.15) is 11.9 Å². The Morgan fingerprint density at radius 3 is 2.47 bits per heavy atom. The van der Waals surface area contributed by atoms with Crippen molar-refractivity contribution < 1.29 is 14.3 Å². The minimum Gasteiger partial charge on any atom is -0.490 e. The van der Waals surface area contributed by atoms with Gasteiger partial charge >= 0.3 is 0 Å². The fourth-order valence-corrected chi connectivity index (χ4v) is 4.06. The molecule has 4 rings (SSSR count). The number of nitrogens with zero attached hydrogens (tertiary/aromatic N) is 4. The van der Waals surface area contributed by atoms with Crippen LogP contribution in [-0.2, 0) is 9.59 Å². The van der Waals surface area contributed by atoms with Crippen LogP contribution < -0.4 is 15.0 Å². The number of benzene rings is 1. The standard InChI is InChI=1S/C24H31N5O3/c1-3-17(2)24(31)28-12-9-22(10-13-28)32-21-6-4-19(5-7-21)27-23(30)18-15-29(16-18)20-8-11-25-26-14-20/h4-8,11,14,17-18,22H,3,9-10,12-13,15-16H2,1-2H3,(H,27,30)/t17-/m0/s1. The maximum atomic E-state index is 12.5. The summed E-state index contributed by atoms with van der Waals surface area (Å²) in [4.78, 5) is 28.9. The van der Waals surface area contributed by atoms with Crippen molar-refractivity contribution in [1.82, 2.24) is 15.1 Å². The van der Waals surface area contributed by atoms with Crippen LogP contribution in [0.25, 0.3) is 0 Å². The lowest BCUT2D eigenvalue weighted by atomic mass is 9.98. The smallest absolute Gasteiger partial charge is 0.231 e. The molecular weight excluding hydrogens is 406 g/mol. The monoisotopic (exact) mass is 437 g/mol. The summed E-state index contributed by atoms with van der Waals surface area (Å²) in [5, 5.41) is 10.6. The van der Waals surface area contributed by atoms with Gasteiger partial charge in [-0.2, -0.15) is 10.2 Å². The number of hydrogen-bond donors (Lipinski definition) is 1. The summed E-state index contributed by atoms with van der Waals surface area (Å²) in [5.41, 5.74) is 1.75. The molecule has 2 aliphatic heterocycles. The highest BCUT2D eigenvalue weighted by Gasteiger charge is 2.33. The number of ether oxygens (including phenoxy) is 1. The molecule has 2 amide bonds. The van der Waals surface area contributed by atoms with Crippen molar-refractivity contribution in [3.8, 4) is 5.75 Å². The number of hydrogen-bond acceptors (Lipinski definition) is 6. The molecule has 0 aliphatic carbocycles. The quantitative estimate of drug-likeness (QED) is 0.717. The van der Waals surface area contributed by atoms with Crippen molar-refractivity contribution in [3.63, 3.8) is 0 Å². The van der Waals surface area contributed by atoms with Crippen LogP contribution in [-0.4, -0.2) is 59.2 Å². The zero-order chi connectivity index (χ0) is 22.5. The number of likely N-dealkylation sites (tertiary alicyclic amines) is 1. The average molecular weight is 438 g/mol. The van der Waals surface area contributed by atoms with Crippen molar-refractivity contribution >= 4 is 23.2 Å². The second-order valence-electron chi connectivity index (χ2n) is 8.67. The Morgan fingerprint density at radius 1 is 1.12 bits per heavy atom. The van der Waals surface area contributed by atoms with Crippen LogP contribution in [0.15, 0.2) is 42.7 Å². The topological polar surface area (TPSA) is 87.7 Å². The molecule has 0 spiro atoms. The van der Waals surface area contributed by atoms with E-state index in [1.807, 2.05) is 49.1 Å². The van der Waals surface area contributed by atoms with E-state index in [9.17, 15) is 9.59 Å². The van der Waals surface area contributed by atoms with Gasteiger partial charge in [0.05, 0.1) is 24.0 Å². The SMILES string of the molecule is CC[C@H](C)C(=O)N1CCC(Oc2ccc(NC(=O)C3CN(c4ccnnc4)C3)cc2)CC1. The molecule has 32 heavy (non-hydrogen) atoms. The number of amides is 2. The first-order valence-corrected chi connectivity index (χ1v) is 11.4. The molecular formula is C24H31N5O3. The Kier molecular flexibility index (Phi) is 6.87. The lowest BCUT2D eigenvalue weighted by Gasteiger charge is -2.39. The molecule has 2 fully saturated rings. The second-order valence-corrected chi connectivity index (χ2v) is 8.67. The minimum atomic E-state index is -0.0394. The third kappa shape index (κ3) is 5.18. The van der Waals surface area contributed by atoms with Crippen LogP contribution in [0.5, 0.6) is 5.75 Å². The number of rotatable bonds is 7. The van der Waals surface area contributed by atoms with Gasteiger partial charge in [0.2, 0.25) is 11.8 Å². The van der Waals surface area contributed by atoms with Crippen molar-refractivity contribution in [2.24, 2.45) is 11.8 Å².